The Bertz CT molecular complexity index is 782. The predicted molar refractivity (Wildman–Crippen MR) is 140 cm³/mol. The van der Waals surface area contributed by atoms with Crippen LogP contribution in [0.2, 0.25) is 0 Å². The SMILES string of the molecule is CSCCC(NC(=O)C(CCCN=C(N)N)NC(=O)C(CCSC)NC(=O)C(N)CC(=O)O)C(=O)O. The van der Waals surface area contributed by atoms with E-state index in [0.717, 1.165) is 0 Å². The molecule has 0 heterocycles. The van der Waals surface area contributed by atoms with Crippen molar-refractivity contribution in [1.82, 2.24) is 16.0 Å². The molecule has 11 N–H and O–H groups in total. The number of aliphatic carboxylic acids is 2. The fourth-order valence-corrected chi connectivity index (χ4v) is 3.82. The zero-order chi connectivity index (χ0) is 27.7. The van der Waals surface area contributed by atoms with Crippen LogP contribution in [0.4, 0.5) is 0 Å². The number of carbonyl (C=O) groups is 5. The smallest absolute Gasteiger partial charge is 0.326 e. The number of carboxylic acid groups (broad SMARTS) is 2. The number of aliphatic imine (C=N–C) groups is 1. The van der Waals surface area contributed by atoms with Crippen LogP contribution in [-0.2, 0) is 24.0 Å². The highest BCUT2D eigenvalue weighted by atomic mass is 32.2. The summed E-state index contributed by atoms with van der Waals surface area (Å²) in [6.07, 6.45) is 3.74. The highest BCUT2D eigenvalue weighted by Crippen LogP contribution is 2.07. The summed E-state index contributed by atoms with van der Waals surface area (Å²) >= 11 is 2.84. The zero-order valence-electron chi connectivity index (χ0n) is 20.4. The second-order valence-corrected chi connectivity index (χ2v) is 9.71. The van der Waals surface area contributed by atoms with E-state index in [0.29, 0.717) is 17.9 Å². The third-order valence-electron chi connectivity index (χ3n) is 4.78. The number of amides is 3. The summed E-state index contributed by atoms with van der Waals surface area (Å²) < 4.78 is 0. The molecule has 0 aromatic heterocycles. The number of hydrogen-bond acceptors (Lipinski definition) is 9. The lowest BCUT2D eigenvalue weighted by atomic mass is 10.1. The van der Waals surface area contributed by atoms with Gasteiger partial charge in [0.25, 0.3) is 0 Å². The lowest BCUT2D eigenvalue weighted by molar-refractivity contribution is -0.142. The van der Waals surface area contributed by atoms with Crippen molar-refractivity contribution in [3.05, 3.63) is 0 Å². The number of nitrogens with two attached hydrogens (primary N) is 3. The highest BCUT2D eigenvalue weighted by Gasteiger charge is 2.30. The van der Waals surface area contributed by atoms with Crippen molar-refractivity contribution >= 4 is 59.1 Å². The second kappa shape index (κ2) is 18.5. The molecule has 0 spiro atoms. The van der Waals surface area contributed by atoms with Gasteiger partial charge in [-0.25, -0.2) is 4.79 Å². The third kappa shape index (κ3) is 14.6. The van der Waals surface area contributed by atoms with E-state index in [1.54, 1.807) is 12.5 Å². The number of rotatable bonds is 19. The van der Waals surface area contributed by atoms with Gasteiger partial charge in [0.1, 0.15) is 18.1 Å². The molecule has 0 aliphatic carbocycles. The molecule has 0 saturated carbocycles. The van der Waals surface area contributed by atoms with Gasteiger partial charge in [-0.2, -0.15) is 23.5 Å². The lowest BCUT2D eigenvalue weighted by Crippen LogP contribution is -2.57. The molecular formula is C20H37N7O7S2. The van der Waals surface area contributed by atoms with Crippen LogP contribution >= 0.6 is 23.5 Å². The van der Waals surface area contributed by atoms with Gasteiger partial charge in [0.05, 0.1) is 12.5 Å². The van der Waals surface area contributed by atoms with Crippen LogP contribution in [0.25, 0.3) is 0 Å². The van der Waals surface area contributed by atoms with Gasteiger partial charge in [-0.05, 0) is 49.7 Å². The summed E-state index contributed by atoms with van der Waals surface area (Å²) in [4.78, 5) is 64.5. The number of hydrogen-bond donors (Lipinski definition) is 8. The Kier molecular flexibility index (Phi) is 17.1. The molecule has 0 bridgehead atoms. The van der Waals surface area contributed by atoms with E-state index in [1.165, 1.54) is 23.5 Å². The number of guanidine groups is 1. The molecule has 14 nitrogen and oxygen atoms in total. The predicted octanol–water partition coefficient (Wildman–Crippen LogP) is -2.11. The van der Waals surface area contributed by atoms with Gasteiger partial charge in [0.2, 0.25) is 17.7 Å². The maximum absolute atomic E-state index is 13.0. The molecule has 0 aromatic rings. The van der Waals surface area contributed by atoms with Crippen LogP contribution in [0.15, 0.2) is 4.99 Å². The van der Waals surface area contributed by atoms with Crippen molar-refractivity contribution in [2.24, 2.45) is 22.2 Å². The minimum absolute atomic E-state index is 0.0882. The second-order valence-electron chi connectivity index (χ2n) is 7.74. The van der Waals surface area contributed by atoms with Crippen LogP contribution in [0.1, 0.15) is 32.1 Å². The minimum Gasteiger partial charge on any atom is -0.481 e. The topological polar surface area (TPSA) is 252 Å². The van der Waals surface area contributed by atoms with Crippen LogP contribution in [0.3, 0.4) is 0 Å². The molecule has 36 heavy (non-hydrogen) atoms. The van der Waals surface area contributed by atoms with Crippen molar-refractivity contribution in [1.29, 1.82) is 0 Å². The Morgan fingerprint density at radius 2 is 1.28 bits per heavy atom. The van der Waals surface area contributed by atoms with Crippen molar-refractivity contribution in [3.63, 3.8) is 0 Å². The largest absolute Gasteiger partial charge is 0.481 e. The number of thioether (sulfide) groups is 2. The number of carbonyl (C=O) groups excluding carboxylic acids is 3. The van der Waals surface area contributed by atoms with Gasteiger partial charge in [0, 0.05) is 6.54 Å². The molecule has 4 unspecified atom stereocenters. The number of nitrogens with one attached hydrogen (secondary N) is 3. The number of carboxylic acids is 2. The van der Waals surface area contributed by atoms with Crippen molar-refractivity contribution in [2.45, 2.75) is 56.3 Å². The Morgan fingerprint density at radius 1 is 0.806 bits per heavy atom. The van der Waals surface area contributed by atoms with Gasteiger partial charge in [-0.3, -0.25) is 24.2 Å². The lowest BCUT2D eigenvalue weighted by Gasteiger charge is -2.25. The monoisotopic (exact) mass is 551 g/mol. The first-order valence-corrected chi connectivity index (χ1v) is 13.9. The minimum atomic E-state index is -1.36. The van der Waals surface area contributed by atoms with Gasteiger partial charge in [0.15, 0.2) is 5.96 Å². The van der Waals surface area contributed by atoms with Crippen molar-refractivity contribution in [3.8, 4) is 0 Å². The molecule has 0 fully saturated rings. The van der Waals surface area contributed by atoms with E-state index in [2.05, 4.69) is 20.9 Å². The maximum Gasteiger partial charge on any atom is 0.326 e. The standard InChI is InChI=1S/C20H37N7O7S2/c1-35-8-5-13(25-16(30)11(21)10-15(28)29)18(32)26-12(4-3-7-24-20(22)23)17(31)27-14(19(33)34)6-9-36-2/h11-14H,3-10,21H2,1-2H3,(H,25,30)(H,26,32)(H,27,31)(H,28,29)(H,33,34)(H4,22,23,24). The molecule has 4 atom stereocenters. The first-order chi connectivity index (χ1) is 16.9. The fourth-order valence-electron chi connectivity index (χ4n) is 2.87. The normalized spacial score (nSPS) is 14.0. The zero-order valence-corrected chi connectivity index (χ0v) is 22.0. The maximum atomic E-state index is 13.0. The molecule has 0 aliphatic heterocycles. The van der Waals surface area contributed by atoms with Gasteiger partial charge >= 0.3 is 11.9 Å². The van der Waals surface area contributed by atoms with E-state index in [-0.39, 0.29) is 31.8 Å². The summed E-state index contributed by atoms with van der Waals surface area (Å²) in [5.74, 6) is -3.87. The summed E-state index contributed by atoms with van der Waals surface area (Å²) in [6, 6.07) is -4.74. The molecule has 0 rings (SSSR count). The van der Waals surface area contributed by atoms with Crippen molar-refractivity contribution < 1.29 is 34.2 Å². The van der Waals surface area contributed by atoms with E-state index >= 15 is 0 Å². The average molecular weight is 552 g/mol. The Balaban J connectivity index is 5.57. The molecule has 0 saturated heterocycles. The van der Waals surface area contributed by atoms with E-state index in [9.17, 15) is 29.1 Å². The van der Waals surface area contributed by atoms with Gasteiger partial charge in [-0.15, -0.1) is 0 Å². The third-order valence-corrected chi connectivity index (χ3v) is 6.07. The highest BCUT2D eigenvalue weighted by molar-refractivity contribution is 7.98. The molecule has 206 valence electrons. The molecule has 0 radical (unpaired) electrons. The molecule has 16 heteroatoms. The fraction of sp³-hybridized carbons (Fsp3) is 0.700. The molecule has 0 aliphatic rings. The molecule has 0 aromatic carbocycles. The summed E-state index contributed by atoms with van der Waals surface area (Å²) in [5.41, 5.74) is 16.2. The van der Waals surface area contributed by atoms with Crippen LogP contribution in [0.5, 0.6) is 0 Å². The van der Waals surface area contributed by atoms with Gasteiger partial charge in [-0.1, -0.05) is 0 Å². The first kappa shape index (κ1) is 33.3. The van der Waals surface area contributed by atoms with Gasteiger partial charge < -0.3 is 43.4 Å². The van der Waals surface area contributed by atoms with Crippen LogP contribution < -0.4 is 33.2 Å². The Morgan fingerprint density at radius 3 is 1.75 bits per heavy atom. The Labute approximate surface area is 218 Å². The summed E-state index contributed by atoms with van der Waals surface area (Å²) in [7, 11) is 0. The quantitative estimate of drug-likeness (QED) is 0.0487. The molecular weight excluding hydrogens is 514 g/mol. The van der Waals surface area contributed by atoms with Crippen LogP contribution in [0, 0.1) is 0 Å². The van der Waals surface area contributed by atoms with Crippen LogP contribution in [-0.4, -0.2) is 101 Å². The number of nitrogens with zero attached hydrogens (tertiary/aromatic N) is 1. The molecule has 3 amide bonds. The summed E-state index contributed by atoms with van der Waals surface area (Å²) in [6.45, 7) is 0.174. The van der Waals surface area contributed by atoms with E-state index < -0.39 is 60.2 Å². The average Bonchev–Trinajstić information content (AvgIpc) is 2.79. The summed E-state index contributed by atoms with van der Waals surface area (Å²) in [5, 5.41) is 25.7. The first-order valence-electron chi connectivity index (χ1n) is 11.1. The van der Waals surface area contributed by atoms with E-state index in [4.69, 9.17) is 22.3 Å². The van der Waals surface area contributed by atoms with E-state index in [1.807, 2.05) is 0 Å². The van der Waals surface area contributed by atoms with Crippen molar-refractivity contribution in [2.75, 3.05) is 30.6 Å². The Hall–Kier alpha value is -2.72.